The standard InChI is InChI=1S/C17H22N2S/c1-13(18-12-11-14-7-3-2-4-8-14)17-19-15-9-5-6-10-16(15)20-17/h5-7,9-10,13,18H,2-4,8,11-12H2,1H3. The minimum atomic E-state index is 0.344. The first-order valence-electron chi connectivity index (χ1n) is 7.60. The molecule has 0 saturated heterocycles. The van der Waals surface area contributed by atoms with Crippen LogP contribution in [-0.2, 0) is 0 Å². The van der Waals surface area contributed by atoms with E-state index in [9.17, 15) is 0 Å². The predicted molar refractivity (Wildman–Crippen MR) is 87.2 cm³/mol. The van der Waals surface area contributed by atoms with Crippen LogP contribution in [0.4, 0.5) is 0 Å². The Morgan fingerprint density at radius 3 is 3.00 bits per heavy atom. The van der Waals surface area contributed by atoms with Gasteiger partial charge in [0, 0.05) is 0 Å². The zero-order valence-electron chi connectivity index (χ0n) is 12.1. The van der Waals surface area contributed by atoms with Crippen LogP contribution >= 0.6 is 11.3 Å². The molecule has 0 spiro atoms. The zero-order chi connectivity index (χ0) is 13.8. The number of thiazole rings is 1. The third-order valence-electron chi connectivity index (χ3n) is 3.96. The van der Waals surface area contributed by atoms with Gasteiger partial charge < -0.3 is 5.32 Å². The summed E-state index contributed by atoms with van der Waals surface area (Å²) in [4.78, 5) is 4.72. The van der Waals surface area contributed by atoms with E-state index in [1.54, 1.807) is 16.9 Å². The third kappa shape index (κ3) is 3.28. The molecule has 20 heavy (non-hydrogen) atoms. The summed E-state index contributed by atoms with van der Waals surface area (Å²) in [6.45, 7) is 3.27. The molecule has 1 N–H and O–H groups in total. The highest BCUT2D eigenvalue weighted by Crippen LogP contribution is 2.26. The van der Waals surface area contributed by atoms with Crippen molar-refractivity contribution < 1.29 is 0 Å². The summed E-state index contributed by atoms with van der Waals surface area (Å²) in [6, 6.07) is 8.72. The van der Waals surface area contributed by atoms with Crippen molar-refractivity contribution in [3.05, 3.63) is 40.9 Å². The molecule has 1 atom stereocenters. The molecule has 1 aliphatic rings. The lowest BCUT2D eigenvalue weighted by Gasteiger charge is -2.15. The smallest absolute Gasteiger partial charge is 0.111 e. The number of hydrogen-bond acceptors (Lipinski definition) is 3. The van der Waals surface area contributed by atoms with E-state index in [0.29, 0.717) is 6.04 Å². The molecule has 2 aromatic rings. The van der Waals surface area contributed by atoms with Crippen molar-refractivity contribution in [1.29, 1.82) is 0 Å². The lowest BCUT2D eigenvalue weighted by molar-refractivity contribution is 0.561. The Bertz CT molecular complexity index is 567. The van der Waals surface area contributed by atoms with E-state index in [1.807, 2.05) is 0 Å². The molecular weight excluding hydrogens is 264 g/mol. The van der Waals surface area contributed by atoms with E-state index in [2.05, 4.69) is 42.6 Å². The van der Waals surface area contributed by atoms with E-state index >= 15 is 0 Å². The van der Waals surface area contributed by atoms with Gasteiger partial charge in [-0.05, 0) is 57.7 Å². The van der Waals surface area contributed by atoms with Gasteiger partial charge in [-0.2, -0.15) is 0 Å². The largest absolute Gasteiger partial charge is 0.308 e. The maximum atomic E-state index is 4.72. The highest BCUT2D eigenvalue weighted by molar-refractivity contribution is 7.18. The van der Waals surface area contributed by atoms with Gasteiger partial charge in [0.25, 0.3) is 0 Å². The second-order valence-corrected chi connectivity index (χ2v) is 6.62. The second kappa shape index (κ2) is 6.51. The highest BCUT2D eigenvalue weighted by atomic mass is 32.1. The van der Waals surface area contributed by atoms with E-state index < -0.39 is 0 Å². The molecule has 106 valence electrons. The van der Waals surface area contributed by atoms with Crippen LogP contribution in [0.3, 0.4) is 0 Å². The minimum Gasteiger partial charge on any atom is -0.308 e. The van der Waals surface area contributed by atoms with Gasteiger partial charge in [0.2, 0.25) is 0 Å². The molecule has 1 aromatic heterocycles. The molecular formula is C17H22N2S. The highest BCUT2D eigenvalue weighted by Gasteiger charge is 2.11. The number of fused-ring (bicyclic) bond motifs is 1. The molecule has 1 heterocycles. The zero-order valence-corrected chi connectivity index (χ0v) is 12.9. The van der Waals surface area contributed by atoms with E-state index in [4.69, 9.17) is 4.98 Å². The number of nitrogens with zero attached hydrogens (tertiary/aromatic N) is 1. The summed E-state index contributed by atoms with van der Waals surface area (Å²) in [5.41, 5.74) is 2.76. The Hall–Kier alpha value is -1.19. The van der Waals surface area contributed by atoms with Crippen LogP contribution < -0.4 is 5.32 Å². The first-order chi connectivity index (χ1) is 9.83. The summed E-state index contributed by atoms with van der Waals surface area (Å²) < 4.78 is 1.28. The van der Waals surface area contributed by atoms with Gasteiger partial charge in [-0.15, -0.1) is 11.3 Å². The normalized spacial score (nSPS) is 17.1. The maximum absolute atomic E-state index is 4.72. The summed E-state index contributed by atoms with van der Waals surface area (Å²) in [5, 5.41) is 4.81. The fraction of sp³-hybridized carbons (Fsp3) is 0.471. The molecule has 3 rings (SSSR count). The van der Waals surface area contributed by atoms with Crippen LogP contribution in [0.2, 0.25) is 0 Å². The Morgan fingerprint density at radius 1 is 1.30 bits per heavy atom. The van der Waals surface area contributed by atoms with Crippen molar-refractivity contribution in [3.63, 3.8) is 0 Å². The first-order valence-corrected chi connectivity index (χ1v) is 8.41. The molecule has 0 aliphatic heterocycles. The average molecular weight is 286 g/mol. The summed E-state index contributed by atoms with van der Waals surface area (Å²) >= 11 is 1.80. The summed E-state index contributed by atoms with van der Waals surface area (Å²) in [5.74, 6) is 0. The second-order valence-electron chi connectivity index (χ2n) is 5.55. The summed E-state index contributed by atoms with van der Waals surface area (Å²) in [6.07, 6.45) is 8.96. The fourth-order valence-corrected chi connectivity index (χ4v) is 3.74. The Morgan fingerprint density at radius 2 is 2.20 bits per heavy atom. The monoisotopic (exact) mass is 286 g/mol. The number of para-hydroxylation sites is 1. The van der Waals surface area contributed by atoms with Crippen molar-refractivity contribution in [2.24, 2.45) is 0 Å². The van der Waals surface area contributed by atoms with Crippen LogP contribution in [0, 0.1) is 0 Å². The predicted octanol–water partition coefficient (Wildman–Crippen LogP) is 4.84. The first kappa shape index (κ1) is 13.8. The molecule has 3 heteroatoms. The Balaban J connectivity index is 1.55. The van der Waals surface area contributed by atoms with Crippen LogP contribution in [0.5, 0.6) is 0 Å². The third-order valence-corrected chi connectivity index (χ3v) is 5.18. The van der Waals surface area contributed by atoms with Gasteiger partial charge in [-0.3, -0.25) is 0 Å². The topological polar surface area (TPSA) is 24.9 Å². The molecule has 1 aromatic carbocycles. The minimum absolute atomic E-state index is 0.344. The molecule has 0 saturated carbocycles. The number of benzene rings is 1. The molecule has 1 aliphatic carbocycles. The number of aromatic nitrogens is 1. The van der Waals surface area contributed by atoms with E-state index in [0.717, 1.165) is 12.1 Å². The van der Waals surface area contributed by atoms with Crippen LogP contribution in [0.25, 0.3) is 10.2 Å². The number of hydrogen-bond donors (Lipinski definition) is 1. The molecule has 2 nitrogen and oxygen atoms in total. The van der Waals surface area contributed by atoms with Crippen molar-refractivity contribution in [1.82, 2.24) is 10.3 Å². The quantitative estimate of drug-likeness (QED) is 0.796. The molecule has 0 amide bonds. The number of rotatable bonds is 5. The maximum Gasteiger partial charge on any atom is 0.111 e. The lowest BCUT2D eigenvalue weighted by atomic mass is 9.97. The number of nitrogens with one attached hydrogen (secondary N) is 1. The molecule has 0 fully saturated rings. The van der Waals surface area contributed by atoms with Crippen LogP contribution in [0.1, 0.15) is 50.1 Å². The van der Waals surface area contributed by atoms with Crippen LogP contribution in [-0.4, -0.2) is 11.5 Å². The molecule has 0 bridgehead atoms. The van der Waals surface area contributed by atoms with E-state index in [1.165, 1.54) is 41.8 Å². The van der Waals surface area contributed by atoms with E-state index in [-0.39, 0.29) is 0 Å². The van der Waals surface area contributed by atoms with Gasteiger partial charge in [-0.25, -0.2) is 4.98 Å². The molecule has 0 radical (unpaired) electrons. The average Bonchev–Trinajstić information content (AvgIpc) is 2.92. The van der Waals surface area contributed by atoms with Crippen molar-refractivity contribution in [2.45, 2.75) is 45.1 Å². The van der Waals surface area contributed by atoms with Gasteiger partial charge in [0.1, 0.15) is 5.01 Å². The van der Waals surface area contributed by atoms with Gasteiger partial charge in [0.15, 0.2) is 0 Å². The Labute approximate surface area is 124 Å². The Kier molecular flexibility index (Phi) is 4.48. The number of allylic oxidation sites excluding steroid dienone is 1. The SMILES string of the molecule is CC(NCCC1=CCCCC1)c1nc2ccccc2s1. The fourth-order valence-electron chi connectivity index (χ4n) is 2.74. The van der Waals surface area contributed by atoms with Gasteiger partial charge >= 0.3 is 0 Å². The van der Waals surface area contributed by atoms with Crippen LogP contribution in [0.15, 0.2) is 35.9 Å². The molecule has 1 unspecified atom stereocenters. The van der Waals surface area contributed by atoms with Crippen molar-refractivity contribution in [2.75, 3.05) is 6.54 Å². The van der Waals surface area contributed by atoms with Gasteiger partial charge in [-0.1, -0.05) is 23.8 Å². The lowest BCUT2D eigenvalue weighted by Crippen LogP contribution is -2.20. The van der Waals surface area contributed by atoms with Crippen molar-refractivity contribution in [3.8, 4) is 0 Å². The van der Waals surface area contributed by atoms with Crippen molar-refractivity contribution >= 4 is 21.6 Å². The summed E-state index contributed by atoms with van der Waals surface area (Å²) in [7, 11) is 0. The van der Waals surface area contributed by atoms with Gasteiger partial charge in [0.05, 0.1) is 16.3 Å².